The number of rotatable bonds is 7. The number of nitrogens with one attached hydrogen (secondary N) is 1. The van der Waals surface area contributed by atoms with E-state index in [1.807, 2.05) is 31.2 Å². The van der Waals surface area contributed by atoms with Crippen LogP contribution in [0, 0.1) is 13.8 Å². The second kappa shape index (κ2) is 8.69. The van der Waals surface area contributed by atoms with Gasteiger partial charge in [-0.1, -0.05) is 48.0 Å². The Balaban J connectivity index is 1.34. The summed E-state index contributed by atoms with van der Waals surface area (Å²) >= 11 is 0. The lowest BCUT2D eigenvalue weighted by atomic mass is 10.1. The normalized spacial score (nSPS) is 10.7. The standard InChI is InChI=1S/C24H23N3O3/c1-17-7-9-19(10-8-17)14-27-15-20(13-25-27)26-24(28)23-12-11-21(30-23)16-29-22-6-4-3-5-18(22)2/h3-13,15H,14,16H2,1-2H3,(H,26,28). The Morgan fingerprint density at radius 2 is 1.87 bits per heavy atom. The first-order chi connectivity index (χ1) is 14.6. The zero-order valence-corrected chi connectivity index (χ0v) is 17.0. The van der Waals surface area contributed by atoms with Gasteiger partial charge in [0.05, 0.1) is 18.4 Å². The van der Waals surface area contributed by atoms with Crippen LogP contribution in [0.2, 0.25) is 0 Å². The molecule has 0 saturated carbocycles. The number of benzene rings is 2. The lowest BCUT2D eigenvalue weighted by Gasteiger charge is -2.06. The van der Waals surface area contributed by atoms with Crippen LogP contribution in [-0.4, -0.2) is 15.7 Å². The van der Waals surface area contributed by atoms with Crippen LogP contribution in [0.4, 0.5) is 5.69 Å². The summed E-state index contributed by atoms with van der Waals surface area (Å²) < 4.78 is 13.2. The summed E-state index contributed by atoms with van der Waals surface area (Å²) in [5.41, 5.74) is 4.02. The number of nitrogens with zero attached hydrogens (tertiary/aromatic N) is 2. The molecule has 2 aromatic heterocycles. The third-order valence-electron chi connectivity index (χ3n) is 4.71. The molecule has 30 heavy (non-hydrogen) atoms. The van der Waals surface area contributed by atoms with Crippen molar-refractivity contribution >= 4 is 11.6 Å². The molecule has 0 spiro atoms. The van der Waals surface area contributed by atoms with Gasteiger partial charge in [-0.2, -0.15) is 5.10 Å². The van der Waals surface area contributed by atoms with Gasteiger partial charge in [-0.3, -0.25) is 9.48 Å². The van der Waals surface area contributed by atoms with Gasteiger partial charge < -0.3 is 14.5 Å². The molecule has 0 saturated heterocycles. The number of para-hydroxylation sites is 1. The van der Waals surface area contributed by atoms with Crippen molar-refractivity contribution in [3.63, 3.8) is 0 Å². The van der Waals surface area contributed by atoms with Crippen LogP contribution < -0.4 is 10.1 Å². The molecule has 0 aliphatic heterocycles. The summed E-state index contributed by atoms with van der Waals surface area (Å²) in [6, 6.07) is 19.4. The number of anilines is 1. The smallest absolute Gasteiger partial charge is 0.291 e. The van der Waals surface area contributed by atoms with Gasteiger partial charge in [0.1, 0.15) is 18.1 Å². The van der Waals surface area contributed by atoms with E-state index in [9.17, 15) is 4.79 Å². The first-order valence-electron chi connectivity index (χ1n) is 9.73. The average Bonchev–Trinajstić information content (AvgIpc) is 3.39. The van der Waals surface area contributed by atoms with E-state index in [2.05, 4.69) is 41.6 Å². The first-order valence-corrected chi connectivity index (χ1v) is 9.73. The van der Waals surface area contributed by atoms with E-state index in [0.29, 0.717) is 18.0 Å². The number of hydrogen-bond donors (Lipinski definition) is 1. The number of aromatic nitrogens is 2. The summed E-state index contributed by atoms with van der Waals surface area (Å²) in [6.45, 7) is 4.93. The van der Waals surface area contributed by atoms with Crippen LogP contribution in [-0.2, 0) is 13.2 Å². The molecule has 2 heterocycles. The van der Waals surface area contributed by atoms with Crippen molar-refractivity contribution < 1.29 is 13.9 Å². The summed E-state index contributed by atoms with van der Waals surface area (Å²) in [5, 5.41) is 7.12. The van der Waals surface area contributed by atoms with Crippen molar-refractivity contribution in [2.24, 2.45) is 0 Å². The minimum absolute atomic E-state index is 0.227. The maximum Gasteiger partial charge on any atom is 0.291 e. The molecule has 0 atom stereocenters. The van der Waals surface area contributed by atoms with Gasteiger partial charge >= 0.3 is 0 Å². The Labute approximate surface area is 175 Å². The van der Waals surface area contributed by atoms with Gasteiger partial charge in [-0.25, -0.2) is 0 Å². The molecule has 0 aliphatic carbocycles. The predicted octanol–water partition coefficient (Wildman–Crippen LogP) is 4.97. The number of ether oxygens (including phenoxy) is 1. The molecule has 2 aromatic carbocycles. The fourth-order valence-electron chi connectivity index (χ4n) is 3.03. The third-order valence-corrected chi connectivity index (χ3v) is 4.71. The second-order valence-electron chi connectivity index (χ2n) is 7.19. The van der Waals surface area contributed by atoms with Gasteiger partial charge in [0.15, 0.2) is 5.76 Å². The molecule has 0 radical (unpaired) electrons. The van der Waals surface area contributed by atoms with E-state index in [-0.39, 0.29) is 18.3 Å². The lowest BCUT2D eigenvalue weighted by Crippen LogP contribution is -2.10. The molecule has 0 bridgehead atoms. The van der Waals surface area contributed by atoms with E-state index in [0.717, 1.165) is 16.9 Å². The minimum Gasteiger partial charge on any atom is -0.485 e. The van der Waals surface area contributed by atoms with Crippen LogP contribution in [0.25, 0.3) is 0 Å². The Morgan fingerprint density at radius 1 is 1.07 bits per heavy atom. The highest BCUT2D eigenvalue weighted by Crippen LogP contribution is 2.19. The van der Waals surface area contributed by atoms with Crippen molar-refractivity contribution in [1.29, 1.82) is 0 Å². The molecular weight excluding hydrogens is 378 g/mol. The number of amides is 1. The highest BCUT2D eigenvalue weighted by molar-refractivity contribution is 6.02. The van der Waals surface area contributed by atoms with Crippen molar-refractivity contribution in [3.05, 3.63) is 101 Å². The Bertz CT molecular complexity index is 1140. The van der Waals surface area contributed by atoms with Gasteiger partial charge in [-0.05, 0) is 43.2 Å². The zero-order valence-electron chi connectivity index (χ0n) is 17.0. The van der Waals surface area contributed by atoms with E-state index >= 15 is 0 Å². The fraction of sp³-hybridized carbons (Fsp3) is 0.167. The summed E-state index contributed by atoms with van der Waals surface area (Å²) in [5.74, 6) is 1.27. The Morgan fingerprint density at radius 3 is 2.67 bits per heavy atom. The summed E-state index contributed by atoms with van der Waals surface area (Å²) in [4.78, 5) is 12.5. The van der Waals surface area contributed by atoms with Crippen LogP contribution in [0.1, 0.15) is 33.0 Å². The molecule has 0 fully saturated rings. The lowest BCUT2D eigenvalue weighted by molar-refractivity contribution is 0.0992. The largest absolute Gasteiger partial charge is 0.485 e. The highest BCUT2D eigenvalue weighted by Gasteiger charge is 2.13. The fourth-order valence-corrected chi connectivity index (χ4v) is 3.03. The van der Waals surface area contributed by atoms with Crippen molar-refractivity contribution in [1.82, 2.24) is 9.78 Å². The number of carbonyl (C=O) groups is 1. The molecule has 0 unspecified atom stereocenters. The van der Waals surface area contributed by atoms with Gasteiger partial charge in [0, 0.05) is 6.20 Å². The SMILES string of the molecule is Cc1ccc(Cn2cc(NC(=O)c3ccc(COc4ccccc4C)o3)cn2)cc1. The number of aryl methyl sites for hydroxylation is 2. The predicted molar refractivity (Wildman–Crippen MR) is 115 cm³/mol. The Kier molecular flexibility index (Phi) is 5.66. The molecule has 1 N–H and O–H groups in total. The van der Waals surface area contributed by atoms with Crippen molar-refractivity contribution in [2.75, 3.05) is 5.32 Å². The topological polar surface area (TPSA) is 69.3 Å². The van der Waals surface area contributed by atoms with Crippen LogP contribution >= 0.6 is 0 Å². The van der Waals surface area contributed by atoms with Gasteiger partial charge in [0.2, 0.25) is 0 Å². The molecular formula is C24H23N3O3. The van der Waals surface area contributed by atoms with Crippen LogP contribution in [0.3, 0.4) is 0 Å². The third kappa shape index (κ3) is 4.78. The van der Waals surface area contributed by atoms with Crippen LogP contribution in [0.5, 0.6) is 5.75 Å². The van der Waals surface area contributed by atoms with Gasteiger partial charge in [0.25, 0.3) is 5.91 Å². The molecule has 152 valence electrons. The Hall–Kier alpha value is -3.80. The second-order valence-corrected chi connectivity index (χ2v) is 7.19. The van der Waals surface area contributed by atoms with Gasteiger partial charge in [-0.15, -0.1) is 0 Å². The maximum absolute atomic E-state index is 12.5. The zero-order chi connectivity index (χ0) is 20.9. The van der Waals surface area contributed by atoms with Crippen molar-refractivity contribution in [2.45, 2.75) is 27.0 Å². The van der Waals surface area contributed by atoms with Crippen LogP contribution in [0.15, 0.2) is 77.5 Å². The monoisotopic (exact) mass is 401 g/mol. The molecule has 6 heteroatoms. The molecule has 4 rings (SSSR count). The van der Waals surface area contributed by atoms with E-state index in [4.69, 9.17) is 9.15 Å². The summed E-state index contributed by atoms with van der Waals surface area (Å²) in [6.07, 6.45) is 3.42. The van der Waals surface area contributed by atoms with Crippen molar-refractivity contribution in [3.8, 4) is 5.75 Å². The van der Waals surface area contributed by atoms with E-state index in [1.165, 1.54) is 5.56 Å². The van der Waals surface area contributed by atoms with E-state index in [1.54, 1.807) is 29.2 Å². The maximum atomic E-state index is 12.5. The molecule has 1 amide bonds. The highest BCUT2D eigenvalue weighted by atomic mass is 16.5. The summed E-state index contributed by atoms with van der Waals surface area (Å²) in [7, 11) is 0. The number of furan rings is 1. The number of carbonyl (C=O) groups excluding carboxylic acids is 1. The minimum atomic E-state index is -0.327. The average molecular weight is 401 g/mol. The molecule has 4 aromatic rings. The first kappa shape index (κ1) is 19.5. The quantitative estimate of drug-likeness (QED) is 0.475. The molecule has 6 nitrogen and oxygen atoms in total. The molecule has 0 aliphatic rings. The van der Waals surface area contributed by atoms with E-state index < -0.39 is 0 Å². The number of hydrogen-bond acceptors (Lipinski definition) is 4.